The van der Waals surface area contributed by atoms with E-state index in [0.717, 1.165) is 16.8 Å². The maximum Gasteiger partial charge on any atom is 0.221 e. The molecule has 0 radical (unpaired) electrons. The number of carbonyl (C=O) groups excluding carboxylic acids is 1. The molecule has 21 heavy (non-hydrogen) atoms. The van der Waals surface area contributed by atoms with Gasteiger partial charge in [0.25, 0.3) is 0 Å². The molecule has 0 atom stereocenters. The van der Waals surface area contributed by atoms with Crippen LogP contribution in [0, 0.1) is 12.7 Å². The highest BCUT2D eigenvalue weighted by molar-refractivity contribution is 6.30. The Kier molecular flexibility index (Phi) is 4.81. The maximum absolute atomic E-state index is 13.3. The maximum atomic E-state index is 13.3. The number of hydrogen-bond acceptors (Lipinski definition) is 2. The number of rotatable bonds is 4. The van der Waals surface area contributed by atoms with Crippen LogP contribution in [0.1, 0.15) is 18.1 Å². The molecule has 2 aromatic rings. The van der Waals surface area contributed by atoms with E-state index in [4.69, 9.17) is 11.6 Å². The average molecular weight is 307 g/mol. The number of aryl methyl sites for hydroxylation is 1. The largest absolute Gasteiger partial charge is 0.381 e. The first kappa shape index (κ1) is 15.3. The molecule has 2 rings (SSSR count). The third kappa shape index (κ3) is 4.46. The highest BCUT2D eigenvalue weighted by atomic mass is 35.5. The monoisotopic (exact) mass is 306 g/mol. The van der Waals surface area contributed by atoms with Gasteiger partial charge in [0.1, 0.15) is 5.82 Å². The molecule has 0 saturated heterocycles. The van der Waals surface area contributed by atoms with Crippen molar-refractivity contribution in [2.75, 3.05) is 10.6 Å². The first-order valence-corrected chi connectivity index (χ1v) is 6.89. The number of anilines is 2. The highest BCUT2D eigenvalue weighted by Crippen LogP contribution is 2.22. The SMILES string of the molecule is CC(=O)Nc1ccc(C)c(NCc2cc(F)cc(Cl)c2)c1. The van der Waals surface area contributed by atoms with Gasteiger partial charge < -0.3 is 10.6 Å². The molecular weight excluding hydrogens is 291 g/mol. The van der Waals surface area contributed by atoms with Crippen LogP contribution >= 0.6 is 11.6 Å². The molecule has 0 bridgehead atoms. The highest BCUT2D eigenvalue weighted by Gasteiger charge is 2.04. The van der Waals surface area contributed by atoms with Crippen LogP contribution in [-0.4, -0.2) is 5.91 Å². The number of benzene rings is 2. The van der Waals surface area contributed by atoms with Crippen LogP contribution in [0.3, 0.4) is 0 Å². The molecule has 2 N–H and O–H groups in total. The van der Waals surface area contributed by atoms with E-state index in [-0.39, 0.29) is 11.7 Å². The smallest absolute Gasteiger partial charge is 0.221 e. The Bertz CT molecular complexity index is 653. The topological polar surface area (TPSA) is 41.1 Å². The predicted molar refractivity (Wildman–Crippen MR) is 84.2 cm³/mol. The summed E-state index contributed by atoms with van der Waals surface area (Å²) in [6.07, 6.45) is 0. The Morgan fingerprint density at radius 3 is 2.67 bits per heavy atom. The minimum absolute atomic E-state index is 0.123. The van der Waals surface area contributed by atoms with Crippen molar-refractivity contribution in [3.05, 3.63) is 58.4 Å². The minimum atomic E-state index is -0.358. The lowest BCUT2D eigenvalue weighted by molar-refractivity contribution is -0.114. The summed E-state index contributed by atoms with van der Waals surface area (Å²) >= 11 is 5.83. The van der Waals surface area contributed by atoms with Crippen molar-refractivity contribution in [1.82, 2.24) is 0 Å². The Hall–Kier alpha value is -2.07. The van der Waals surface area contributed by atoms with Gasteiger partial charge in [-0.1, -0.05) is 17.7 Å². The standard InChI is InChI=1S/C16H16ClFN2O/c1-10-3-4-15(20-11(2)21)8-16(10)19-9-12-5-13(17)7-14(18)6-12/h3-8,19H,9H2,1-2H3,(H,20,21). The Balaban J connectivity index is 2.13. The fraction of sp³-hybridized carbons (Fsp3) is 0.188. The van der Waals surface area contributed by atoms with E-state index in [1.165, 1.54) is 19.1 Å². The van der Waals surface area contributed by atoms with E-state index >= 15 is 0 Å². The van der Waals surface area contributed by atoms with E-state index in [2.05, 4.69) is 10.6 Å². The molecular formula is C16H16ClFN2O. The van der Waals surface area contributed by atoms with Gasteiger partial charge in [-0.15, -0.1) is 0 Å². The van der Waals surface area contributed by atoms with Crippen molar-refractivity contribution in [1.29, 1.82) is 0 Å². The zero-order valence-corrected chi connectivity index (χ0v) is 12.6. The van der Waals surface area contributed by atoms with Crippen LogP contribution in [0.15, 0.2) is 36.4 Å². The Morgan fingerprint density at radius 1 is 1.24 bits per heavy atom. The molecule has 0 saturated carbocycles. The van der Waals surface area contributed by atoms with E-state index in [0.29, 0.717) is 17.3 Å². The minimum Gasteiger partial charge on any atom is -0.381 e. The van der Waals surface area contributed by atoms with Crippen LogP contribution in [0.2, 0.25) is 5.02 Å². The molecule has 5 heteroatoms. The summed E-state index contributed by atoms with van der Waals surface area (Å²) in [4.78, 5) is 11.1. The second-order valence-electron chi connectivity index (χ2n) is 4.84. The summed E-state index contributed by atoms with van der Waals surface area (Å²) < 4.78 is 13.3. The lowest BCUT2D eigenvalue weighted by Crippen LogP contribution is -2.07. The van der Waals surface area contributed by atoms with Gasteiger partial charge in [-0.05, 0) is 48.4 Å². The van der Waals surface area contributed by atoms with Gasteiger partial charge in [0.2, 0.25) is 5.91 Å². The Morgan fingerprint density at radius 2 is 2.00 bits per heavy atom. The fourth-order valence-corrected chi connectivity index (χ4v) is 2.25. The van der Waals surface area contributed by atoms with Gasteiger partial charge in [0.15, 0.2) is 0 Å². The third-order valence-corrected chi connectivity index (χ3v) is 3.18. The van der Waals surface area contributed by atoms with Crippen LogP contribution in [-0.2, 0) is 11.3 Å². The summed E-state index contributed by atoms with van der Waals surface area (Å²) in [5, 5.41) is 6.32. The van der Waals surface area contributed by atoms with Crippen LogP contribution in [0.5, 0.6) is 0 Å². The summed E-state index contributed by atoms with van der Waals surface area (Å²) in [5.41, 5.74) is 3.38. The third-order valence-electron chi connectivity index (χ3n) is 2.96. The molecule has 0 heterocycles. The van der Waals surface area contributed by atoms with Crippen LogP contribution < -0.4 is 10.6 Å². The van der Waals surface area contributed by atoms with E-state index in [1.807, 2.05) is 25.1 Å². The molecule has 2 aromatic carbocycles. The molecule has 0 aliphatic carbocycles. The predicted octanol–water partition coefficient (Wildman–Crippen LogP) is 4.36. The van der Waals surface area contributed by atoms with Crippen molar-refractivity contribution in [2.45, 2.75) is 20.4 Å². The van der Waals surface area contributed by atoms with Gasteiger partial charge in [0.05, 0.1) is 0 Å². The van der Waals surface area contributed by atoms with E-state index in [9.17, 15) is 9.18 Å². The summed E-state index contributed by atoms with van der Waals surface area (Å²) in [6.45, 7) is 3.86. The van der Waals surface area contributed by atoms with Gasteiger partial charge in [-0.2, -0.15) is 0 Å². The van der Waals surface area contributed by atoms with Gasteiger partial charge in [-0.25, -0.2) is 4.39 Å². The number of nitrogens with one attached hydrogen (secondary N) is 2. The molecule has 0 fully saturated rings. The summed E-state index contributed by atoms with van der Waals surface area (Å²) in [6, 6.07) is 10.0. The van der Waals surface area contributed by atoms with Crippen LogP contribution in [0.25, 0.3) is 0 Å². The molecule has 0 aliphatic rings. The first-order valence-electron chi connectivity index (χ1n) is 6.51. The molecule has 0 aromatic heterocycles. The number of carbonyl (C=O) groups is 1. The Labute approximate surface area is 128 Å². The molecule has 0 unspecified atom stereocenters. The van der Waals surface area contributed by atoms with E-state index < -0.39 is 0 Å². The average Bonchev–Trinajstić information content (AvgIpc) is 2.37. The van der Waals surface area contributed by atoms with Crippen LogP contribution in [0.4, 0.5) is 15.8 Å². The first-order chi connectivity index (χ1) is 9.94. The van der Waals surface area contributed by atoms with E-state index in [1.54, 1.807) is 6.07 Å². The summed E-state index contributed by atoms with van der Waals surface area (Å²) in [7, 11) is 0. The second-order valence-corrected chi connectivity index (χ2v) is 5.28. The number of hydrogen-bond donors (Lipinski definition) is 2. The zero-order valence-electron chi connectivity index (χ0n) is 11.8. The second kappa shape index (κ2) is 6.59. The van der Waals surface area contributed by atoms with Crippen molar-refractivity contribution >= 4 is 28.9 Å². The van der Waals surface area contributed by atoms with Gasteiger partial charge in [-0.3, -0.25) is 4.79 Å². The summed E-state index contributed by atoms with van der Waals surface area (Å²) in [5.74, 6) is -0.482. The quantitative estimate of drug-likeness (QED) is 0.881. The molecule has 3 nitrogen and oxygen atoms in total. The normalized spacial score (nSPS) is 10.3. The number of halogens is 2. The molecule has 0 aliphatic heterocycles. The number of amides is 1. The zero-order chi connectivity index (χ0) is 15.4. The van der Waals surface area contributed by atoms with Gasteiger partial charge in [0, 0.05) is 29.9 Å². The van der Waals surface area contributed by atoms with Gasteiger partial charge >= 0.3 is 0 Å². The van der Waals surface area contributed by atoms with Crippen molar-refractivity contribution in [2.24, 2.45) is 0 Å². The van der Waals surface area contributed by atoms with Crippen molar-refractivity contribution in [3.63, 3.8) is 0 Å². The lowest BCUT2D eigenvalue weighted by Gasteiger charge is -2.12. The van der Waals surface area contributed by atoms with Crippen molar-refractivity contribution < 1.29 is 9.18 Å². The van der Waals surface area contributed by atoms with Crippen molar-refractivity contribution in [3.8, 4) is 0 Å². The lowest BCUT2D eigenvalue weighted by atomic mass is 10.1. The molecule has 1 amide bonds. The molecule has 0 spiro atoms. The molecule has 110 valence electrons. The fourth-order valence-electron chi connectivity index (χ4n) is 2.00.